The van der Waals surface area contributed by atoms with E-state index in [0.717, 1.165) is 32.9 Å². The second kappa shape index (κ2) is 3.97. The van der Waals surface area contributed by atoms with Crippen LogP contribution in [0, 0.1) is 11.3 Å². The maximum absolute atomic E-state index is 9.32. The van der Waals surface area contributed by atoms with Crippen molar-refractivity contribution in [2.45, 2.75) is 0 Å². The number of rotatable bonds is 1. The van der Waals surface area contributed by atoms with Gasteiger partial charge in [0.25, 0.3) is 0 Å². The average Bonchev–Trinajstić information content (AvgIpc) is 3.12. The third-order valence-electron chi connectivity index (χ3n) is 3.60. The fraction of sp³-hybridized carbons (Fsp3) is 0. The van der Waals surface area contributed by atoms with Gasteiger partial charge in [0.05, 0.1) is 23.3 Å². The summed E-state index contributed by atoms with van der Waals surface area (Å²) in [6.07, 6.45) is 3.77. The Hall–Kier alpha value is -3.06. The molecule has 0 fully saturated rings. The van der Waals surface area contributed by atoms with Crippen LogP contribution in [0.1, 0.15) is 5.56 Å². The first-order valence-corrected chi connectivity index (χ1v) is 6.31. The largest absolute Gasteiger partial charge is 0.361 e. The van der Waals surface area contributed by atoms with E-state index in [9.17, 15) is 5.26 Å². The molecule has 0 atom stereocenters. The zero-order valence-electron chi connectivity index (χ0n) is 10.5. The van der Waals surface area contributed by atoms with E-state index in [4.69, 9.17) is 0 Å². The van der Waals surface area contributed by atoms with Gasteiger partial charge < -0.3 is 4.98 Å². The number of benzene rings is 2. The smallest absolute Gasteiger partial charge is 0.0998 e. The van der Waals surface area contributed by atoms with Crippen LogP contribution in [0.2, 0.25) is 0 Å². The van der Waals surface area contributed by atoms with Gasteiger partial charge in [-0.05, 0) is 23.8 Å². The monoisotopic (exact) mass is 258 g/mol. The standard InChI is InChI=1S/C16H10N4/c17-7-10-3-1-6-15-16(10)13(8-18-15)11-4-2-5-14-12(11)9-19-20-14/h1-6,8-9,18H,(H,19,20). The van der Waals surface area contributed by atoms with Crippen molar-refractivity contribution in [3.8, 4) is 17.2 Å². The van der Waals surface area contributed by atoms with E-state index in [1.54, 1.807) is 0 Å². The molecule has 4 aromatic rings. The van der Waals surface area contributed by atoms with Crippen molar-refractivity contribution in [3.63, 3.8) is 0 Å². The molecular weight excluding hydrogens is 248 g/mol. The van der Waals surface area contributed by atoms with Crippen LogP contribution < -0.4 is 0 Å². The molecule has 94 valence electrons. The summed E-state index contributed by atoms with van der Waals surface area (Å²) in [7, 11) is 0. The Morgan fingerprint density at radius 2 is 1.85 bits per heavy atom. The zero-order chi connectivity index (χ0) is 13.5. The van der Waals surface area contributed by atoms with Crippen molar-refractivity contribution in [3.05, 3.63) is 54.4 Å². The SMILES string of the molecule is N#Cc1cccc2[nH]cc(-c3cccc4[nH]ncc34)c12. The third kappa shape index (κ3) is 1.38. The fourth-order valence-electron chi connectivity index (χ4n) is 2.69. The van der Waals surface area contributed by atoms with Crippen molar-refractivity contribution in [1.29, 1.82) is 5.26 Å². The summed E-state index contributed by atoms with van der Waals surface area (Å²) in [5.74, 6) is 0. The number of aromatic nitrogens is 3. The lowest BCUT2D eigenvalue weighted by atomic mass is 9.99. The summed E-state index contributed by atoms with van der Waals surface area (Å²) in [5.41, 5.74) is 4.75. The Kier molecular flexibility index (Phi) is 2.15. The molecule has 2 N–H and O–H groups in total. The van der Waals surface area contributed by atoms with E-state index in [2.05, 4.69) is 27.3 Å². The highest BCUT2D eigenvalue weighted by atomic mass is 15.1. The predicted molar refractivity (Wildman–Crippen MR) is 78.1 cm³/mol. The van der Waals surface area contributed by atoms with Gasteiger partial charge in [-0.25, -0.2) is 0 Å². The number of hydrogen-bond acceptors (Lipinski definition) is 2. The number of aromatic amines is 2. The Morgan fingerprint density at radius 1 is 1.00 bits per heavy atom. The average molecular weight is 258 g/mol. The topological polar surface area (TPSA) is 68.3 Å². The molecule has 0 spiro atoms. The summed E-state index contributed by atoms with van der Waals surface area (Å²) in [5, 5.41) is 18.4. The minimum absolute atomic E-state index is 0.680. The van der Waals surface area contributed by atoms with Gasteiger partial charge in [0, 0.05) is 28.0 Å². The zero-order valence-corrected chi connectivity index (χ0v) is 10.5. The first-order valence-electron chi connectivity index (χ1n) is 6.31. The number of nitrogens with zero attached hydrogens (tertiary/aromatic N) is 2. The van der Waals surface area contributed by atoms with E-state index >= 15 is 0 Å². The maximum Gasteiger partial charge on any atom is 0.0998 e. The van der Waals surface area contributed by atoms with Crippen LogP contribution in [0.3, 0.4) is 0 Å². The number of fused-ring (bicyclic) bond motifs is 2. The minimum Gasteiger partial charge on any atom is -0.361 e. The van der Waals surface area contributed by atoms with Gasteiger partial charge in [0.1, 0.15) is 0 Å². The Bertz CT molecular complexity index is 969. The first-order chi connectivity index (χ1) is 9.88. The second-order valence-corrected chi connectivity index (χ2v) is 4.68. The lowest BCUT2D eigenvalue weighted by molar-refractivity contribution is 1.12. The Balaban J connectivity index is 2.13. The molecule has 0 unspecified atom stereocenters. The number of hydrogen-bond donors (Lipinski definition) is 2. The maximum atomic E-state index is 9.32. The Morgan fingerprint density at radius 3 is 2.75 bits per heavy atom. The number of nitrogens with one attached hydrogen (secondary N) is 2. The van der Waals surface area contributed by atoms with Gasteiger partial charge in [-0.3, -0.25) is 5.10 Å². The summed E-state index contributed by atoms with van der Waals surface area (Å²) in [6, 6.07) is 14.0. The molecule has 0 radical (unpaired) electrons. The van der Waals surface area contributed by atoms with Crippen LogP contribution in [-0.2, 0) is 0 Å². The molecular formula is C16H10N4. The van der Waals surface area contributed by atoms with Gasteiger partial charge in [0.2, 0.25) is 0 Å². The predicted octanol–water partition coefficient (Wildman–Crippen LogP) is 3.58. The van der Waals surface area contributed by atoms with Crippen LogP contribution >= 0.6 is 0 Å². The summed E-state index contributed by atoms with van der Waals surface area (Å²) >= 11 is 0. The minimum atomic E-state index is 0.680. The fourth-order valence-corrected chi connectivity index (χ4v) is 2.69. The van der Waals surface area contributed by atoms with Crippen LogP contribution in [0.5, 0.6) is 0 Å². The highest BCUT2D eigenvalue weighted by Crippen LogP contribution is 2.34. The number of nitriles is 1. The van der Waals surface area contributed by atoms with Crippen LogP contribution in [0.4, 0.5) is 0 Å². The Labute approximate surface area is 114 Å². The summed E-state index contributed by atoms with van der Waals surface area (Å²) in [6.45, 7) is 0. The van der Waals surface area contributed by atoms with Crippen molar-refractivity contribution in [2.24, 2.45) is 0 Å². The molecule has 4 nitrogen and oxygen atoms in total. The molecule has 4 rings (SSSR count). The lowest BCUT2D eigenvalue weighted by Crippen LogP contribution is -1.81. The van der Waals surface area contributed by atoms with Crippen LogP contribution in [0.25, 0.3) is 32.9 Å². The highest BCUT2D eigenvalue weighted by Gasteiger charge is 2.12. The van der Waals surface area contributed by atoms with Crippen LogP contribution in [0.15, 0.2) is 48.8 Å². The molecule has 0 aliphatic carbocycles. The van der Waals surface area contributed by atoms with Crippen molar-refractivity contribution < 1.29 is 0 Å². The molecule has 2 heterocycles. The van der Waals surface area contributed by atoms with Gasteiger partial charge in [-0.2, -0.15) is 10.4 Å². The molecule has 0 amide bonds. The van der Waals surface area contributed by atoms with Crippen molar-refractivity contribution in [2.75, 3.05) is 0 Å². The summed E-state index contributed by atoms with van der Waals surface area (Å²) < 4.78 is 0. The van der Waals surface area contributed by atoms with E-state index in [1.165, 1.54) is 0 Å². The molecule has 4 heteroatoms. The molecule has 0 aliphatic rings. The van der Waals surface area contributed by atoms with Gasteiger partial charge in [0.15, 0.2) is 0 Å². The van der Waals surface area contributed by atoms with E-state index in [0.29, 0.717) is 5.56 Å². The van der Waals surface area contributed by atoms with Gasteiger partial charge >= 0.3 is 0 Å². The number of H-pyrrole nitrogens is 2. The van der Waals surface area contributed by atoms with Gasteiger partial charge in [-0.1, -0.05) is 18.2 Å². The van der Waals surface area contributed by atoms with E-state index in [-0.39, 0.29) is 0 Å². The van der Waals surface area contributed by atoms with Crippen molar-refractivity contribution in [1.82, 2.24) is 15.2 Å². The molecule has 20 heavy (non-hydrogen) atoms. The lowest BCUT2D eigenvalue weighted by Gasteiger charge is -2.02. The molecule has 2 aromatic carbocycles. The third-order valence-corrected chi connectivity index (χ3v) is 3.60. The molecule has 0 saturated carbocycles. The quantitative estimate of drug-likeness (QED) is 0.548. The highest BCUT2D eigenvalue weighted by molar-refractivity contribution is 6.06. The second-order valence-electron chi connectivity index (χ2n) is 4.68. The van der Waals surface area contributed by atoms with E-state index < -0.39 is 0 Å². The summed E-state index contributed by atoms with van der Waals surface area (Å²) in [4.78, 5) is 3.24. The van der Waals surface area contributed by atoms with Crippen LogP contribution in [-0.4, -0.2) is 15.2 Å². The molecule has 2 aromatic heterocycles. The molecule has 0 bridgehead atoms. The van der Waals surface area contributed by atoms with E-state index in [1.807, 2.05) is 42.7 Å². The van der Waals surface area contributed by atoms with Crippen molar-refractivity contribution >= 4 is 21.8 Å². The normalized spacial score (nSPS) is 10.9. The van der Waals surface area contributed by atoms with Gasteiger partial charge in [-0.15, -0.1) is 0 Å². The molecule has 0 saturated heterocycles. The molecule has 0 aliphatic heterocycles. The first kappa shape index (κ1) is 10.8.